The van der Waals surface area contributed by atoms with Crippen LogP contribution in [0.25, 0.3) is 11.5 Å². The van der Waals surface area contributed by atoms with Crippen LogP contribution in [0.4, 0.5) is 5.82 Å². The highest BCUT2D eigenvalue weighted by Gasteiger charge is 2.54. The molecule has 0 radical (unpaired) electrons. The van der Waals surface area contributed by atoms with Gasteiger partial charge in [0, 0.05) is 18.3 Å². The number of nitrogens with zero attached hydrogens (tertiary/aromatic N) is 3. The number of pyridine rings is 1. The Hall–Kier alpha value is -2.69. The molecule has 3 atom stereocenters. The molecule has 0 bridgehead atoms. The summed E-state index contributed by atoms with van der Waals surface area (Å²) in [6, 6.07) is 12.7. The first kappa shape index (κ1) is 13.7. The van der Waals surface area contributed by atoms with Crippen molar-refractivity contribution in [3.63, 3.8) is 0 Å². The van der Waals surface area contributed by atoms with Gasteiger partial charge in [-0.2, -0.15) is 4.98 Å². The molecule has 0 spiro atoms. The number of benzene rings is 1. The zero-order valence-electron chi connectivity index (χ0n) is 13.4. The molecule has 1 saturated carbocycles. The summed E-state index contributed by atoms with van der Waals surface area (Å²) in [5, 5.41) is 7.32. The largest absolute Gasteiger partial charge is 0.370 e. The number of nitrogens with one attached hydrogen (secondary N) is 1. The molecule has 0 aliphatic heterocycles. The molecule has 24 heavy (non-hydrogen) atoms. The average molecular weight is 318 g/mol. The third kappa shape index (κ3) is 2.19. The van der Waals surface area contributed by atoms with E-state index < -0.39 is 0 Å². The summed E-state index contributed by atoms with van der Waals surface area (Å²) in [6.45, 7) is 2.78. The quantitative estimate of drug-likeness (QED) is 0.798. The van der Waals surface area contributed by atoms with Crippen molar-refractivity contribution in [2.45, 2.75) is 19.3 Å². The van der Waals surface area contributed by atoms with Crippen LogP contribution in [-0.2, 0) is 6.42 Å². The third-order valence-corrected chi connectivity index (χ3v) is 5.25. The van der Waals surface area contributed by atoms with E-state index >= 15 is 0 Å². The average Bonchev–Trinajstić information content (AvgIpc) is 2.94. The van der Waals surface area contributed by atoms with Gasteiger partial charge in [0.15, 0.2) is 5.82 Å². The first-order valence-electron chi connectivity index (χ1n) is 8.38. The zero-order valence-corrected chi connectivity index (χ0v) is 13.4. The number of anilines is 1. The Kier molecular flexibility index (Phi) is 2.95. The van der Waals surface area contributed by atoms with E-state index in [1.807, 2.05) is 19.1 Å². The smallest absolute Gasteiger partial charge is 0.258 e. The monoisotopic (exact) mass is 318 g/mol. The van der Waals surface area contributed by atoms with Gasteiger partial charge < -0.3 is 9.84 Å². The van der Waals surface area contributed by atoms with E-state index in [4.69, 9.17) is 4.52 Å². The van der Waals surface area contributed by atoms with Crippen molar-refractivity contribution < 1.29 is 4.52 Å². The lowest BCUT2D eigenvalue weighted by molar-refractivity contribution is 0.425. The summed E-state index contributed by atoms with van der Waals surface area (Å²) in [7, 11) is 0. The topological polar surface area (TPSA) is 63.8 Å². The lowest BCUT2D eigenvalue weighted by atomic mass is 10.0. The Labute approximate surface area is 140 Å². The second-order valence-electron chi connectivity index (χ2n) is 6.71. The van der Waals surface area contributed by atoms with Crippen LogP contribution in [-0.4, -0.2) is 21.7 Å². The lowest BCUT2D eigenvalue weighted by Crippen LogP contribution is -2.09. The van der Waals surface area contributed by atoms with Gasteiger partial charge in [-0.3, -0.25) is 0 Å². The van der Waals surface area contributed by atoms with E-state index in [0.29, 0.717) is 11.7 Å². The van der Waals surface area contributed by atoms with E-state index in [2.05, 4.69) is 44.7 Å². The molecule has 120 valence electrons. The Morgan fingerprint density at radius 2 is 2.17 bits per heavy atom. The minimum Gasteiger partial charge on any atom is -0.370 e. The predicted molar refractivity (Wildman–Crippen MR) is 90.6 cm³/mol. The fraction of sp³-hybridized carbons (Fsp3) is 0.316. The van der Waals surface area contributed by atoms with E-state index in [9.17, 15) is 0 Å². The summed E-state index contributed by atoms with van der Waals surface area (Å²) in [4.78, 5) is 8.68. The van der Waals surface area contributed by atoms with Gasteiger partial charge in [-0.05, 0) is 54.4 Å². The minimum atomic E-state index is 0.537. The summed E-state index contributed by atoms with van der Waals surface area (Å²) in [5.41, 5.74) is 3.99. The van der Waals surface area contributed by atoms with Crippen LogP contribution in [0.1, 0.15) is 22.9 Å². The molecule has 3 unspecified atom stereocenters. The van der Waals surface area contributed by atoms with Crippen LogP contribution in [0.5, 0.6) is 0 Å². The standard InChI is InChI=1S/C19H18N4O/c1-11-22-19(24-23-11)13-6-7-20-17(9-13)21-10-16-15-8-12-4-2-3-5-14(12)18(15)16/h2-7,9,15-16,18H,8,10H2,1H3,(H,20,21). The molecule has 5 heteroatoms. The van der Waals surface area contributed by atoms with Gasteiger partial charge in [0.05, 0.1) is 0 Å². The molecule has 5 rings (SSSR count). The van der Waals surface area contributed by atoms with Gasteiger partial charge in [0.1, 0.15) is 5.82 Å². The Balaban J connectivity index is 1.28. The van der Waals surface area contributed by atoms with Crippen molar-refractivity contribution in [3.8, 4) is 11.5 Å². The molecule has 1 fully saturated rings. The summed E-state index contributed by atoms with van der Waals surface area (Å²) < 4.78 is 5.23. The van der Waals surface area contributed by atoms with Gasteiger partial charge in [-0.1, -0.05) is 29.4 Å². The minimum absolute atomic E-state index is 0.537. The fourth-order valence-electron chi connectivity index (χ4n) is 4.06. The van der Waals surface area contributed by atoms with Crippen LogP contribution >= 0.6 is 0 Å². The molecular formula is C19H18N4O. The number of hydrogen-bond acceptors (Lipinski definition) is 5. The van der Waals surface area contributed by atoms with Crippen molar-refractivity contribution in [1.29, 1.82) is 0 Å². The SMILES string of the molecule is Cc1noc(-c2ccnc(NCC3C4Cc5ccccc5C34)c2)n1. The van der Waals surface area contributed by atoms with Crippen molar-refractivity contribution in [2.75, 3.05) is 11.9 Å². The second kappa shape index (κ2) is 5.16. The molecule has 5 nitrogen and oxygen atoms in total. The zero-order chi connectivity index (χ0) is 16.1. The molecule has 2 aliphatic rings. The first-order chi connectivity index (χ1) is 11.8. The van der Waals surface area contributed by atoms with Crippen LogP contribution in [0, 0.1) is 18.8 Å². The summed E-state index contributed by atoms with van der Waals surface area (Å²) >= 11 is 0. The Bertz CT molecular complexity index is 904. The number of aryl methyl sites for hydroxylation is 1. The second-order valence-corrected chi connectivity index (χ2v) is 6.71. The third-order valence-electron chi connectivity index (χ3n) is 5.25. The van der Waals surface area contributed by atoms with Crippen LogP contribution < -0.4 is 5.32 Å². The molecule has 2 aromatic heterocycles. The molecule has 1 N–H and O–H groups in total. The van der Waals surface area contributed by atoms with E-state index in [1.165, 1.54) is 12.0 Å². The molecule has 3 aromatic rings. The molecule has 1 aromatic carbocycles. The van der Waals surface area contributed by atoms with Gasteiger partial charge in [-0.15, -0.1) is 0 Å². The van der Waals surface area contributed by atoms with Crippen LogP contribution in [0.15, 0.2) is 47.1 Å². The predicted octanol–water partition coefficient (Wildman–Crippen LogP) is 3.44. The maximum atomic E-state index is 5.23. The maximum Gasteiger partial charge on any atom is 0.258 e. The van der Waals surface area contributed by atoms with Crippen molar-refractivity contribution in [3.05, 3.63) is 59.5 Å². The van der Waals surface area contributed by atoms with Gasteiger partial charge >= 0.3 is 0 Å². The van der Waals surface area contributed by atoms with E-state index in [-0.39, 0.29) is 0 Å². The van der Waals surface area contributed by atoms with Crippen molar-refractivity contribution >= 4 is 5.82 Å². The van der Waals surface area contributed by atoms with Gasteiger partial charge in [0.25, 0.3) is 5.89 Å². The van der Waals surface area contributed by atoms with Crippen molar-refractivity contribution in [2.24, 2.45) is 11.8 Å². The Morgan fingerprint density at radius 3 is 3.04 bits per heavy atom. The summed E-state index contributed by atoms with van der Waals surface area (Å²) in [6.07, 6.45) is 3.00. The summed E-state index contributed by atoms with van der Waals surface area (Å²) in [5.74, 6) is 4.29. The molecule has 0 amide bonds. The van der Waals surface area contributed by atoms with Crippen LogP contribution in [0.2, 0.25) is 0 Å². The molecule has 0 saturated heterocycles. The number of rotatable bonds is 4. The van der Waals surface area contributed by atoms with Crippen LogP contribution in [0.3, 0.4) is 0 Å². The molecule has 2 heterocycles. The number of fused-ring (bicyclic) bond motifs is 3. The Morgan fingerprint density at radius 1 is 1.25 bits per heavy atom. The lowest BCUT2D eigenvalue weighted by Gasteiger charge is -2.09. The first-order valence-corrected chi connectivity index (χ1v) is 8.38. The maximum absolute atomic E-state index is 5.23. The number of aromatic nitrogens is 3. The number of hydrogen-bond donors (Lipinski definition) is 1. The molecular weight excluding hydrogens is 300 g/mol. The van der Waals surface area contributed by atoms with Crippen molar-refractivity contribution in [1.82, 2.24) is 15.1 Å². The normalized spacial score (nSPS) is 23.6. The van der Waals surface area contributed by atoms with Gasteiger partial charge in [0.2, 0.25) is 0 Å². The van der Waals surface area contributed by atoms with E-state index in [1.54, 1.807) is 11.8 Å². The van der Waals surface area contributed by atoms with Gasteiger partial charge in [-0.25, -0.2) is 4.98 Å². The highest BCUT2D eigenvalue weighted by atomic mass is 16.5. The molecule has 2 aliphatic carbocycles. The highest BCUT2D eigenvalue weighted by molar-refractivity contribution is 5.58. The fourth-order valence-corrected chi connectivity index (χ4v) is 4.06. The van der Waals surface area contributed by atoms with E-state index in [0.717, 1.165) is 35.7 Å². The highest BCUT2D eigenvalue weighted by Crippen LogP contribution is 2.61.